The first kappa shape index (κ1) is 16.8. The normalized spacial score (nSPS) is 26.0. The van der Waals surface area contributed by atoms with E-state index in [1.807, 2.05) is 17.5 Å². The highest BCUT2D eigenvalue weighted by Gasteiger charge is 2.56. The molecule has 0 aromatic carbocycles. The maximum Gasteiger partial charge on any atom is 0.354 e. The second-order valence-corrected chi connectivity index (χ2v) is 7.43. The molecular formula is C14H15N3O5S2. The van der Waals surface area contributed by atoms with Crippen LogP contribution < -0.4 is 11.1 Å². The van der Waals surface area contributed by atoms with Crippen LogP contribution in [-0.2, 0) is 25.5 Å². The van der Waals surface area contributed by atoms with Gasteiger partial charge in [-0.15, -0.1) is 11.3 Å². The maximum absolute atomic E-state index is 12.3. The van der Waals surface area contributed by atoms with E-state index in [1.54, 1.807) is 0 Å². The van der Waals surface area contributed by atoms with Crippen molar-refractivity contribution in [2.24, 2.45) is 5.73 Å². The third kappa shape index (κ3) is 2.76. The van der Waals surface area contributed by atoms with Gasteiger partial charge in [-0.1, -0.05) is 17.8 Å². The van der Waals surface area contributed by atoms with E-state index < -0.39 is 28.7 Å². The van der Waals surface area contributed by atoms with Crippen LogP contribution in [0.3, 0.4) is 0 Å². The van der Waals surface area contributed by atoms with Gasteiger partial charge in [-0.05, 0) is 11.4 Å². The monoisotopic (exact) mass is 369 g/mol. The van der Waals surface area contributed by atoms with E-state index in [0.717, 1.165) is 9.78 Å². The SMILES string of the molecule is COC1S[C@H]2[C@H](NC(=O)Cc3cccs3)C(=O)N2C(C(=O)O)=C1N. The summed E-state index contributed by atoms with van der Waals surface area (Å²) in [5.41, 5.74) is 4.83. The van der Waals surface area contributed by atoms with Crippen LogP contribution in [-0.4, -0.2) is 51.8 Å². The number of carboxylic acids is 1. The number of nitrogens with zero attached hydrogens (tertiary/aromatic N) is 1. The molecular weight excluding hydrogens is 354 g/mol. The molecule has 1 unspecified atom stereocenters. The second kappa shape index (κ2) is 6.46. The lowest BCUT2D eigenvalue weighted by Gasteiger charge is -2.50. The van der Waals surface area contributed by atoms with Crippen molar-refractivity contribution in [2.45, 2.75) is 23.3 Å². The van der Waals surface area contributed by atoms with Gasteiger partial charge in [0.1, 0.15) is 16.9 Å². The first-order valence-corrected chi connectivity index (χ1v) is 8.82. The number of thiophene rings is 1. The van der Waals surface area contributed by atoms with E-state index in [0.29, 0.717) is 0 Å². The molecule has 1 saturated heterocycles. The zero-order valence-corrected chi connectivity index (χ0v) is 14.2. The predicted octanol–water partition coefficient (Wildman–Crippen LogP) is -0.0821. The molecule has 0 saturated carbocycles. The van der Waals surface area contributed by atoms with E-state index in [1.165, 1.54) is 30.2 Å². The molecule has 3 heterocycles. The van der Waals surface area contributed by atoms with Gasteiger partial charge in [0.05, 0.1) is 12.1 Å². The molecule has 3 rings (SSSR count). The molecule has 1 aromatic heterocycles. The van der Waals surface area contributed by atoms with Crippen LogP contribution >= 0.6 is 23.1 Å². The van der Waals surface area contributed by atoms with Gasteiger partial charge in [0.2, 0.25) is 5.91 Å². The van der Waals surface area contributed by atoms with Crippen molar-refractivity contribution >= 4 is 40.9 Å². The van der Waals surface area contributed by atoms with Crippen LogP contribution in [0.2, 0.25) is 0 Å². The fourth-order valence-corrected chi connectivity index (χ4v) is 4.63. The number of carboxylic acid groups (broad SMARTS) is 1. The molecule has 1 fully saturated rings. The molecule has 10 heteroatoms. The van der Waals surface area contributed by atoms with Crippen molar-refractivity contribution in [1.29, 1.82) is 0 Å². The highest BCUT2D eigenvalue weighted by molar-refractivity contribution is 8.00. The van der Waals surface area contributed by atoms with Crippen molar-refractivity contribution in [3.63, 3.8) is 0 Å². The third-order valence-electron chi connectivity index (χ3n) is 3.72. The number of rotatable bonds is 5. The van der Waals surface area contributed by atoms with Gasteiger partial charge < -0.3 is 20.9 Å². The van der Waals surface area contributed by atoms with Gasteiger partial charge in [-0.2, -0.15) is 0 Å². The molecule has 8 nitrogen and oxygen atoms in total. The van der Waals surface area contributed by atoms with Crippen LogP contribution in [0.5, 0.6) is 0 Å². The van der Waals surface area contributed by atoms with Gasteiger partial charge in [-0.3, -0.25) is 14.5 Å². The van der Waals surface area contributed by atoms with Crippen molar-refractivity contribution in [3.05, 3.63) is 33.8 Å². The van der Waals surface area contributed by atoms with Crippen molar-refractivity contribution in [3.8, 4) is 0 Å². The van der Waals surface area contributed by atoms with Crippen molar-refractivity contribution < 1.29 is 24.2 Å². The number of nitrogens with one attached hydrogen (secondary N) is 1. The fourth-order valence-electron chi connectivity index (χ4n) is 2.63. The molecule has 2 aliphatic rings. The summed E-state index contributed by atoms with van der Waals surface area (Å²) in [6.07, 6.45) is 0.177. The highest BCUT2D eigenvalue weighted by atomic mass is 32.2. The molecule has 2 amide bonds. The van der Waals surface area contributed by atoms with Crippen LogP contribution in [0.1, 0.15) is 4.88 Å². The standard InChI is InChI=1S/C14H15N3O5S2/c1-22-14-8(15)10(13(20)21)17-11(19)9(12(17)24-14)16-7(18)5-6-3-2-4-23-6/h2-4,9,12,14H,5,15H2,1H3,(H,16,18)(H,20,21)/t9-,12+,14?/m1/s1. The number of methoxy groups -OCH3 is 1. The first-order valence-electron chi connectivity index (χ1n) is 7.00. The first-order chi connectivity index (χ1) is 11.4. The highest BCUT2D eigenvalue weighted by Crippen LogP contribution is 2.42. The molecule has 3 atom stereocenters. The molecule has 128 valence electrons. The minimum absolute atomic E-state index is 0.0111. The van der Waals surface area contributed by atoms with Crippen LogP contribution in [0, 0.1) is 0 Å². The van der Waals surface area contributed by atoms with E-state index >= 15 is 0 Å². The molecule has 1 aromatic rings. The van der Waals surface area contributed by atoms with Gasteiger partial charge in [0.15, 0.2) is 5.70 Å². The van der Waals surface area contributed by atoms with Crippen LogP contribution in [0.4, 0.5) is 0 Å². The lowest BCUT2D eigenvalue weighted by Crippen LogP contribution is -2.71. The molecule has 4 N–H and O–H groups in total. The Morgan fingerprint density at radius 3 is 2.83 bits per heavy atom. The van der Waals surface area contributed by atoms with Gasteiger partial charge >= 0.3 is 5.97 Å². The van der Waals surface area contributed by atoms with E-state index in [4.69, 9.17) is 10.5 Å². The molecule has 0 bridgehead atoms. The largest absolute Gasteiger partial charge is 0.477 e. The smallest absolute Gasteiger partial charge is 0.354 e. The maximum atomic E-state index is 12.3. The number of nitrogens with two attached hydrogens (primary N) is 1. The lowest BCUT2D eigenvalue weighted by molar-refractivity contribution is -0.151. The third-order valence-corrected chi connectivity index (χ3v) is 6.05. The summed E-state index contributed by atoms with van der Waals surface area (Å²) in [6.45, 7) is 0. The number of amides is 2. The zero-order chi connectivity index (χ0) is 17.4. The number of carbonyl (C=O) groups is 3. The lowest BCUT2D eigenvalue weighted by atomic mass is 10.0. The Morgan fingerprint density at radius 1 is 1.50 bits per heavy atom. The summed E-state index contributed by atoms with van der Waals surface area (Å²) in [6, 6.07) is 2.89. The summed E-state index contributed by atoms with van der Waals surface area (Å²) in [7, 11) is 1.41. The minimum Gasteiger partial charge on any atom is -0.477 e. The summed E-state index contributed by atoms with van der Waals surface area (Å²) >= 11 is 2.65. The number of thioether (sulfide) groups is 1. The predicted molar refractivity (Wildman–Crippen MR) is 87.8 cm³/mol. The summed E-state index contributed by atoms with van der Waals surface area (Å²) in [4.78, 5) is 37.8. The zero-order valence-electron chi connectivity index (χ0n) is 12.6. The summed E-state index contributed by atoms with van der Waals surface area (Å²) in [5.74, 6) is -2.07. The summed E-state index contributed by atoms with van der Waals surface area (Å²) < 4.78 is 5.18. The van der Waals surface area contributed by atoms with Crippen molar-refractivity contribution in [2.75, 3.05) is 7.11 Å². The number of ether oxygens (including phenoxy) is 1. The minimum atomic E-state index is -1.29. The van der Waals surface area contributed by atoms with E-state index in [2.05, 4.69) is 5.32 Å². The number of hydrogen-bond acceptors (Lipinski definition) is 7. The number of carbonyl (C=O) groups excluding carboxylic acids is 2. The quantitative estimate of drug-likeness (QED) is 0.621. The van der Waals surface area contributed by atoms with Crippen LogP contribution in [0.15, 0.2) is 28.9 Å². The Bertz CT molecular complexity index is 718. The Hall–Kier alpha value is -2.04. The van der Waals surface area contributed by atoms with E-state index in [-0.39, 0.29) is 23.7 Å². The number of hydrogen-bond donors (Lipinski definition) is 3. The second-order valence-electron chi connectivity index (χ2n) is 5.21. The molecule has 0 radical (unpaired) electrons. The topological polar surface area (TPSA) is 122 Å². The number of fused-ring (bicyclic) bond motifs is 1. The van der Waals surface area contributed by atoms with Gasteiger partial charge in [0.25, 0.3) is 5.91 Å². The van der Waals surface area contributed by atoms with Crippen LogP contribution in [0.25, 0.3) is 0 Å². The van der Waals surface area contributed by atoms with Gasteiger partial charge in [-0.25, -0.2) is 4.79 Å². The molecule has 2 aliphatic heterocycles. The Balaban J connectivity index is 1.74. The number of β-lactam (4-membered cyclic amide) rings is 1. The number of aliphatic carboxylic acids is 1. The Kier molecular flexibility index (Phi) is 4.52. The average molecular weight is 369 g/mol. The average Bonchev–Trinajstić information content (AvgIpc) is 3.04. The van der Waals surface area contributed by atoms with Gasteiger partial charge in [0, 0.05) is 12.0 Å². The molecule has 0 spiro atoms. The van der Waals surface area contributed by atoms with E-state index in [9.17, 15) is 19.5 Å². The molecule has 0 aliphatic carbocycles. The Labute approximate surface area is 145 Å². The van der Waals surface area contributed by atoms with Crippen molar-refractivity contribution in [1.82, 2.24) is 10.2 Å². The Morgan fingerprint density at radius 2 is 2.25 bits per heavy atom. The summed E-state index contributed by atoms with van der Waals surface area (Å²) in [5, 5.41) is 13.3. The fraction of sp³-hybridized carbons (Fsp3) is 0.357. The molecule has 24 heavy (non-hydrogen) atoms.